The Morgan fingerprint density at radius 1 is 1.54 bits per heavy atom. The second-order valence-corrected chi connectivity index (χ2v) is 2.37. The molecule has 6 heteroatoms. The average molecular weight is 208 g/mol. The first-order chi connectivity index (χ1) is 5.70. The van der Waals surface area contributed by atoms with Crippen molar-refractivity contribution in [3.05, 3.63) is 0 Å². The molecule has 0 aliphatic rings. The van der Waals surface area contributed by atoms with Crippen LogP contribution in [0.5, 0.6) is 0 Å². The summed E-state index contributed by atoms with van der Waals surface area (Å²) < 4.78 is 0. The number of guanidine groups is 2. The molecule has 0 unspecified atom stereocenters. The minimum atomic E-state index is -0.0976. The smallest absolute Gasteiger partial charge is 0.197 e. The molecule has 78 valence electrons. The number of nitrogens with two attached hydrogens (primary N) is 1. The molecule has 0 aromatic carbocycles. The molecular formula is C7H18ClN5. The quantitative estimate of drug-likeness (QED) is 0.304. The average Bonchev–Trinajstić information content (AvgIpc) is 2.02. The summed E-state index contributed by atoms with van der Waals surface area (Å²) in [5, 5.41) is 12.4. The second kappa shape index (κ2) is 9.12. The van der Waals surface area contributed by atoms with E-state index in [-0.39, 0.29) is 18.4 Å². The molecule has 0 radical (unpaired) electrons. The maximum Gasteiger partial charge on any atom is 0.197 e. The van der Waals surface area contributed by atoms with E-state index in [1.54, 1.807) is 7.05 Å². The zero-order valence-corrected chi connectivity index (χ0v) is 8.87. The van der Waals surface area contributed by atoms with Crippen LogP contribution in [0.25, 0.3) is 0 Å². The van der Waals surface area contributed by atoms with E-state index in [0.717, 1.165) is 19.4 Å². The van der Waals surface area contributed by atoms with Crippen LogP contribution < -0.4 is 16.4 Å². The first-order valence-electron chi connectivity index (χ1n) is 4.04. The predicted molar refractivity (Wildman–Crippen MR) is 58.6 cm³/mol. The number of unbranched alkanes of at least 4 members (excludes halogenated alkanes) is 1. The van der Waals surface area contributed by atoms with Crippen molar-refractivity contribution in [2.24, 2.45) is 10.7 Å². The number of nitrogens with one attached hydrogen (secondary N) is 3. The lowest BCUT2D eigenvalue weighted by atomic mass is 10.3. The summed E-state index contributed by atoms with van der Waals surface area (Å²) in [5.41, 5.74) is 5.12. The van der Waals surface area contributed by atoms with E-state index in [1.807, 2.05) is 0 Å². The maximum absolute atomic E-state index is 6.95. The fourth-order valence-corrected chi connectivity index (χ4v) is 0.658. The number of hydrogen-bond donors (Lipinski definition) is 4. The normalized spacial score (nSPS) is 10.2. The number of hydrogen-bond acceptors (Lipinski definition) is 2. The molecule has 0 fully saturated rings. The minimum absolute atomic E-state index is 0. The standard InChI is InChI=1S/C7H17N5.ClH/c1-3-4-5-11-7(10-2)12-6(8)9;/h3-5H2,1-2H3,(H5,8,9,10,11,12);1H. The molecule has 0 atom stereocenters. The van der Waals surface area contributed by atoms with Gasteiger partial charge in [-0.1, -0.05) is 13.3 Å². The van der Waals surface area contributed by atoms with Gasteiger partial charge in [0, 0.05) is 13.6 Å². The van der Waals surface area contributed by atoms with Crippen LogP contribution in [0.3, 0.4) is 0 Å². The van der Waals surface area contributed by atoms with E-state index in [1.165, 1.54) is 0 Å². The third-order valence-corrected chi connectivity index (χ3v) is 1.27. The van der Waals surface area contributed by atoms with E-state index >= 15 is 0 Å². The molecule has 0 amide bonds. The molecule has 0 spiro atoms. The highest BCUT2D eigenvalue weighted by atomic mass is 35.5. The zero-order chi connectivity index (χ0) is 9.40. The van der Waals surface area contributed by atoms with Crippen molar-refractivity contribution in [1.29, 1.82) is 5.41 Å². The van der Waals surface area contributed by atoms with Gasteiger partial charge < -0.3 is 11.1 Å². The third kappa shape index (κ3) is 8.94. The molecule has 0 saturated carbocycles. The summed E-state index contributed by atoms with van der Waals surface area (Å²) in [6.45, 7) is 2.86. The summed E-state index contributed by atoms with van der Waals surface area (Å²) in [5.74, 6) is 0.454. The zero-order valence-electron chi connectivity index (χ0n) is 8.05. The summed E-state index contributed by atoms with van der Waals surface area (Å²) in [4.78, 5) is 4.15. The van der Waals surface area contributed by atoms with Crippen LogP contribution in [0.15, 0.2) is 4.99 Å². The van der Waals surface area contributed by atoms with E-state index in [9.17, 15) is 0 Å². The van der Waals surface area contributed by atoms with Crippen molar-refractivity contribution in [3.63, 3.8) is 0 Å². The number of rotatable bonds is 3. The Kier molecular flexibility index (Phi) is 10.2. The van der Waals surface area contributed by atoms with Crippen LogP contribution in [-0.4, -0.2) is 25.5 Å². The van der Waals surface area contributed by atoms with Crippen LogP contribution in [-0.2, 0) is 0 Å². The van der Waals surface area contributed by atoms with Gasteiger partial charge in [-0.15, -0.1) is 12.4 Å². The number of nitrogens with zero attached hydrogens (tertiary/aromatic N) is 1. The fraction of sp³-hybridized carbons (Fsp3) is 0.714. The molecular weight excluding hydrogens is 190 g/mol. The van der Waals surface area contributed by atoms with Gasteiger partial charge in [0.2, 0.25) is 0 Å². The molecule has 0 heterocycles. The lowest BCUT2D eigenvalue weighted by Gasteiger charge is -2.06. The summed E-state index contributed by atoms with van der Waals surface area (Å²) in [6, 6.07) is 0. The van der Waals surface area contributed by atoms with Crippen LogP contribution in [0.1, 0.15) is 19.8 Å². The summed E-state index contributed by atoms with van der Waals surface area (Å²) in [7, 11) is 1.74. The monoisotopic (exact) mass is 207 g/mol. The van der Waals surface area contributed by atoms with Gasteiger partial charge in [-0.3, -0.25) is 15.7 Å². The number of halogens is 1. The molecule has 5 N–H and O–H groups in total. The molecule has 0 saturated heterocycles. The molecule has 0 aromatic heterocycles. The molecule has 0 aliphatic heterocycles. The van der Waals surface area contributed by atoms with E-state index in [0.29, 0.717) is 5.96 Å². The van der Waals surface area contributed by atoms with Crippen molar-refractivity contribution in [1.82, 2.24) is 10.6 Å². The molecule has 5 nitrogen and oxygen atoms in total. The largest absolute Gasteiger partial charge is 0.370 e. The van der Waals surface area contributed by atoms with Crippen LogP contribution in [0.4, 0.5) is 0 Å². The summed E-state index contributed by atoms with van der Waals surface area (Å²) >= 11 is 0. The Balaban J connectivity index is 0. The van der Waals surface area contributed by atoms with Crippen molar-refractivity contribution < 1.29 is 0 Å². The Labute approximate surface area is 85.1 Å². The van der Waals surface area contributed by atoms with Gasteiger partial charge in [0.05, 0.1) is 0 Å². The van der Waals surface area contributed by atoms with E-state index < -0.39 is 0 Å². The Bertz CT molecular complexity index is 168. The van der Waals surface area contributed by atoms with E-state index in [4.69, 9.17) is 11.1 Å². The lowest BCUT2D eigenvalue weighted by Crippen LogP contribution is -2.42. The fourth-order valence-electron chi connectivity index (χ4n) is 0.658. The highest BCUT2D eigenvalue weighted by Gasteiger charge is 1.93. The molecule has 0 rings (SSSR count). The van der Waals surface area contributed by atoms with Gasteiger partial charge in [-0.05, 0) is 6.42 Å². The van der Waals surface area contributed by atoms with E-state index in [2.05, 4.69) is 22.5 Å². The second-order valence-electron chi connectivity index (χ2n) is 2.37. The van der Waals surface area contributed by atoms with Crippen molar-refractivity contribution in [2.45, 2.75) is 19.8 Å². The van der Waals surface area contributed by atoms with Crippen molar-refractivity contribution in [3.8, 4) is 0 Å². The summed E-state index contributed by atoms with van der Waals surface area (Å²) in [6.07, 6.45) is 2.16. The van der Waals surface area contributed by atoms with Gasteiger partial charge in [0.1, 0.15) is 0 Å². The van der Waals surface area contributed by atoms with Gasteiger partial charge in [0.15, 0.2) is 11.9 Å². The van der Waals surface area contributed by atoms with Gasteiger partial charge in [0.25, 0.3) is 0 Å². The first kappa shape index (κ1) is 14.5. The molecule has 0 aromatic rings. The lowest BCUT2D eigenvalue weighted by molar-refractivity contribution is 0.799. The van der Waals surface area contributed by atoms with Crippen molar-refractivity contribution >= 4 is 24.3 Å². The molecule has 0 bridgehead atoms. The highest BCUT2D eigenvalue weighted by molar-refractivity contribution is 5.96. The Morgan fingerprint density at radius 3 is 2.54 bits per heavy atom. The van der Waals surface area contributed by atoms with Gasteiger partial charge in [-0.25, -0.2) is 0 Å². The first-order valence-corrected chi connectivity index (χ1v) is 4.04. The molecule has 13 heavy (non-hydrogen) atoms. The highest BCUT2D eigenvalue weighted by Crippen LogP contribution is 1.85. The van der Waals surface area contributed by atoms with Gasteiger partial charge in [-0.2, -0.15) is 0 Å². The minimum Gasteiger partial charge on any atom is -0.370 e. The molecule has 0 aliphatic carbocycles. The SMILES string of the molecule is CCCC/N=C(\NC)NC(=N)N.Cl. The topological polar surface area (TPSA) is 86.3 Å². The predicted octanol–water partition coefficient (Wildman–Crippen LogP) is 0.267. The number of aliphatic imine (C=N–C) groups is 1. The van der Waals surface area contributed by atoms with Crippen LogP contribution in [0, 0.1) is 5.41 Å². The Hall–Kier alpha value is -0.970. The Morgan fingerprint density at radius 2 is 2.15 bits per heavy atom. The van der Waals surface area contributed by atoms with Gasteiger partial charge >= 0.3 is 0 Å². The van der Waals surface area contributed by atoms with Crippen molar-refractivity contribution in [2.75, 3.05) is 13.6 Å². The van der Waals surface area contributed by atoms with Crippen LogP contribution in [0.2, 0.25) is 0 Å². The third-order valence-electron chi connectivity index (χ3n) is 1.27. The van der Waals surface area contributed by atoms with Crippen LogP contribution >= 0.6 is 12.4 Å². The maximum atomic E-state index is 6.95.